The lowest BCUT2D eigenvalue weighted by Gasteiger charge is -2.26. The predicted molar refractivity (Wildman–Crippen MR) is 67.3 cm³/mol. The van der Waals surface area contributed by atoms with Gasteiger partial charge < -0.3 is 15.0 Å². The van der Waals surface area contributed by atoms with Crippen molar-refractivity contribution in [1.29, 1.82) is 0 Å². The Labute approximate surface area is 98.9 Å². The monoisotopic (exact) mass is 227 g/mol. The Hall–Kier alpha value is -0.610. The maximum absolute atomic E-state index is 8.64. The molecule has 0 atom stereocenters. The summed E-state index contributed by atoms with van der Waals surface area (Å²) >= 11 is 0. The molecule has 0 aromatic heterocycles. The first kappa shape index (κ1) is 13.5. The van der Waals surface area contributed by atoms with Crippen molar-refractivity contribution < 1.29 is 5.21 Å². The fraction of sp³-hybridized carbons (Fsp3) is 0.917. The van der Waals surface area contributed by atoms with Crippen LogP contribution in [0.15, 0.2) is 5.16 Å². The van der Waals surface area contributed by atoms with Gasteiger partial charge in [-0.2, -0.15) is 0 Å². The number of unbranched alkanes of at least 4 members (excludes halogenated alkanes) is 2. The van der Waals surface area contributed by atoms with Crippen LogP contribution in [0.3, 0.4) is 0 Å². The molecule has 1 saturated heterocycles. The molecule has 0 unspecified atom stereocenters. The molecule has 1 aliphatic rings. The summed E-state index contributed by atoms with van der Waals surface area (Å²) in [5.74, 6) is 0. The zero-order chi connectivity index (χ0) is 11.8. The largest absolute Gasteiger partial charge is 0.411 e. The minimum atomic E-state index is 0.939. The average molecular weight is 227 g/mol. The van der Waals surface area contributed by atoms with Crippen molar-refractivity contribution in [2.75, 3.05) is 40.3 Å². The normalized spacial score (nSPS) is 18.1. The first-order chi connectivity index (χ1) is 7.72. The molecule has 94 valence electrons. The Morgan fingerprint density at radius 2 is 1.88 bits per heavy atom. The fourth-order valence-electron chi connectivity index (χ4n) is 2.07. The zero-order valence-electron chi connectivity index (χ0n) is 10.7. The van der Waals surface area contributed by atoms with E-state index in [2.05, 4.69) is 29.1 Å². The van der Waals surface area contributed by atoms with Crippen LogP contribution in [-0.4, -0.2) is 61.0 Å². The quantitative estimate of drug-likeness (QED) is 0.426. The van der Waals surface area contributed by atoms with Gasteiger partial charge in [-0.1, -0.05) is 11.6 Å². The average Bonchev–Trinajstić information content (AvgIpc) is 2.29. The lowest BCUT2D eigenvalue weighted by atomic mass is 10.1. The van der Waals surface area contributed by atoms with E-state index in [0.717, 1.165) is 31.6 Å². The predicted octanol–water partition coefficient (Wildman–Crippen LogP) is 1.64. The molecule has 0 aromatic carbocycles. The molecule has 4 nitrogen and oxygen atoms in total. The van der Waals surface area contributed by atoms with Crippen molar-refractivity contribution in [2.45, 2.75) is 32.1 Å². The number of piperidine rings is 1. The van der Waals surface area contributed by atoms with Crippen molar-refractivity contribution in [2.24, 2.45) is 5.16 Å². The Bertz CT molecular complexity index is 206. The van der Waals surface area contributed by atoms with Gasteiger partial charge in [0.1, 0.15) is 0 Å². The summed E-state index contributed by atoms with van der Waals surface area (Å²) in [6.45, 7) is 4.52. The molecule has 0 radical (unpaired) electrons. The van der Waals surface area contributed by atoms with Gasteiger partial charge in [-0.15, -0.1) is 0 Å². The van der Waals surface area contributed by atoms with Crippen LogP contribution in [0.25, 0.3) is 0 Å². The van der Waals surface area contributed by atoms with Gasteiger partial charge in [0, 0.05) is 25.9 Å². The first-order valence-electron chi connectivity index (χ1n) is 6.29. The number of likely N-dealkylation sites (tertiary alicyclic amines) is 1. The fourth-order valence-corrected chi connectivity index (χ4v) is 2.07. The molecule has 0 bridgehead atoms. The molecule has 1 fully saturated rings. The van der Waals surface area contributed by atoms with Crippen molar-refractivity contribution >= 4 is 5.71 Å². The number of rotatable bonds is 6. The van der Waals surface area contributed by atoms with Crippen LogP contribution >= 0.6 is 0 Å². The highest BCUT2D eigenvalue weighted by Crippen LogP contribution is 2.08. The Morgan fingerprint density at radius 1 is 1.19 bits per heavy atom. The van der Waals surface area contributed by atoms with Gasteiger partial charge in [-0.05, 0) is 40.0 Å². The van der Waals surface area contributed by atoms with Gasteiger partial charge in [-0.25, -0.2) is 0 Å². The van der Waals surface area contributed by atoms with Crippen LogP contribution in [-0.2, 0) is 0 Å². The second kappa shape index (κ2) is 7.63. The van der Waals surface area contributed by atoms with E-state index in [1.165, 1.54) is 32.4 Å². The summed E-state index contributed by atoms with van der Waals surface area (Å²) in [5.41, 5.74) is 0.962. The van der Waals surface area contributed by atoms with E-state index in [9.17, 15) is 0 Å². The van der Waals surface area contributed by atoms with Crippen LogP contribution in [0, 0.1) is 0 Å². The molecule has 0 spiro atoms. The molecule has 16 heavy (non-hydrogen) atoms. The van der Waals surface area contributed by atoms with Crippen LogP contribution in [0.5, 0.6) is 0 Å². The van der Waals surface area contributed by atoms with Gasteiger partial charge in [-0.3, -0.25) is 0 Å². The van der Waals surface area contributed by atoms with Crippen molar-refractivity contribution in [3.05, 3.63) is 0 Å². The lowest BCUT2D eigenvalue weighted by molar-refractivity contribution is 0.256. The summed E-state index contributed by atoms with van der Waals surface area (Å²) in [7, 11) is 4.25. The molecule has 1 heterocycles. The zero-order valence-corrected chi connectivity index (χ0v) is 10.7. The summed E-state index contributed by atoms with van der Waals surface area (Å²) in [6.07, 6.45) is 5.78. The van der Waals surface area contributed by atoms with E-state index in [0.29, 0.717) is 0 Å². The molecule has 0 amide bonds. The number of hydrogen-bond donors (Lipinski definition) is 1. The SMILES string of the molecule is CN(C)CCCCCN1CCC(=NO)CC1. The molecule has 1 N–H and O–H groups in total. The van der Waals surface area contributed by atoms with Gasteiger partial charge in [0.25, 0.3) is 0 Å². The third-order valence-electron chi connectivity index (χ3n) is 3.15. The van der Waals surface area contributed by atoms with E-state index >= 15 is 0 Å². The van der Waals surface area contributed by atoms with Crippen molar-refractivity contribution in [3.8, 4) is 0 Å². The summed E-state index contributed by atoms with van der Waals surface area (Å²) in [4.78, 5) is 4.72. The van der Waals surface area contributed by atoms with Gasteiger partial charge >= 0.3 is 0 Å². The Morgan fingerprint density at radius 3 is 2.44 bits per heavy atom. The molecule has 0 aliphatic carbocycles. The maximum atomic E-state index is 8.64. The molecular weight excluding hydrogens is 202 g/mol. The van der Waals surface area contributed by atoms with Gasteiger partial charge in [0.2, 0.25) is 0 Å². The third-order valence-corrected chi connectivity index (χ3v) is 3.15. The summed E-state index contributed by atoms with van der Waals surface area (Å²) in [6, 6.07) is 0. The molecule has 0 saturated carbocycles. The third kappa shape index (κ3) is 5.47. The van der Waals surface area contributed by atoms with Crippen molar-refractivity contribution in [3.63, 3.8) is 0 Å². The molecule has 1 rings (SSSR count). The topological polar surface area (TPSA) is 39.1 Å². The van der Waals surface area contributed by atoms with E-state index in [4.69, 9.17) is 5.21 Å². The van der Waals surface area contributed by atoms with E-state index < -0.39 is 0 Å². The van der Waals surface area contributed by atoms with Crippen LogP contribution in [0.4, 0.5) is 0 Å². The van der Waals surface area contributed by atoms with E-state index in [1.54, 1.807) is 0 Å². The Balaban J connectivity index is 1.98. The highest BCUT2D eigenvalue weighted by Gasteiger charge is 2.14. The molecular formula is C12H25N3O. The summed E-state index contributed by atoms with van der Waals surface area (Å²) in [5, 5.41) is 11.9. The van der Waals surface area contributed by atoms with Crippen LogP contribution in [0.2, 0.25) is 0 Å². The van der Waals surface area contributed by atoms with Gasteiger partial charge in [0.05, 0.1) is 5.71 Å². The second-order valence-corrected chi connectivity index (χ2v) is 4.87. The van der Waals surface area contributed by atoms with Crippen molar-refractivity contribution in [1.82, 2.24) is 9.80 Å². The highest BCUT2D eigenvalue weighted by atomic mass is 16.4. The molecule has 4 heteroatoms. The minimum Gasteiger partial charge on any atom is -0.411 e. The number of hydrogen-bond acceptors (Lipinski definition) is 4. The second-order valence-electron chi connectivity index (χ2n) is 4.87. The van der Waals surface area contributed by atoms with Gasteiger partial charge in [0.15, 0.2) is 0 Å². The standard InChI is InChI=1S/C12H25N3O/c1-14(2)8-4-3-5-9-15-10-6-12(13-16)7-11-15/h16H,3-11H2,1-2H3. The molecule has 1 aliphatic heterocycles. The number of oxime groups is 1. The van der Waals surface area contributed by atoms with E-state index in [-0.39, 0.29) is 0 Å². The van der Waals surface area contributed by atoms with Crippen LogP contribution < -0.4 is 0 Å². The smallest absolute Gasteiger partial charge is 0.0596 e. The van der Waals surface area contributed by atoms with Crippen LogP contribution in [0.1, 0.15) is 32.1 Å². The highest BCUT2D eigenvalue weighted by molar-refractivity contribution is 5.84. The molecule has 0 aromatic rings. The maximum Gasteiger partial charge on any atom is 0.0596 e. The van der Waals surface area contributed by atoms with E-state index in [1.807, 2.05) is 0 Å². The summed E-state index contributed by atoms with van der Waals surface area (Å²) < 4.78 is 0. The first-order valence-corrected chi connectivity index (χ1v) is 6.29. The minimum absolute atomic E-state index is 0.939. The Kier molecular flexibility index (Phi) is 6.42. The lowest BCUT2D eigenvalue weighted by Crippen LogP contribution is -2.34. The number of nitrogens with zero attached hydrogens (tertiary/aromatic N) is 3.